The summed E-state index contributed by atoms with van der Waals surface area (Å²) in [6.45, 7) is 7.19. The van der Waals surface area contributed by atoms with E-state index in [1.807, 2.05) is 18.2 Å². The zero-order valence-electron chi connectivity index (χ0n) is 8.66. The maximum absolute atomic E-state index is 5.69. The second-order valence-electron chi connectivity index (χ2n) is 3.75. The average Bonchev–Trinajstić information content (AvgIpc) is 2.15. The van der Waals surface area contributed by atoms with Crippen molar-refractivity contribution in [3.8, 4) is 0 Å². The van der Waals surface area contributed by atoms with Crippen molar-refractivity contribution >= 4 is 0 Å². The van der Waals surface area contributed by atoms with E-state index in [2.05, 4.69) is 32.9 Å². The van der Waals surface area contributed by atoms with Crippen molar-refractivity contribution in [2.24, 2.45) is 5.92 Å². The van der Waals surface area contributed by atoms with Crippen LogP contribution in [-0.2, 0) is 11.3 Å². The van der Waals surface area contributed by atoms with Crippen LogP contribution in [0.25, 0.3) is 0 Å². The second-order valence-corrected chi connectivity index (χ2v) is 3.75. The molecule has 0 radical (unpaired) electrons. The van der Waals surface area contributed by atoms with Gasteiger partial charge in [-0.2, -0.15) is 0 Å². The Balaban J connectivity index is 2.35. The van der Waals surface area contributed by atoms with Crippen molar-refractivity contribution in [3.05, 3.63) is 35.9 Å². The van der Waals surface area contributed by atoms with Gasteiger partial charge in [0.1, 0.15) is 0 Å². The molecule has 0 saturated carbocycles. The van der Waals surface area contributed by atoms with Crippen LogP contribution in [0.5, 0.6) is 0 Å². The van der Waals surface area contributed by atoms with Crippen LogP contribution in [0.2, 0.25) is 0 Å². The fourth-order valence-corrected chi connectivity index (χ4v) is 0.994. The van der Waals surface area contributed by atoms with Gasteiger partial charge in [-0.15, -0.1) is 0 Å². The van der Waals surface area contributed by atoms with Gasteiger partial charge < -0.3 is 4.74 Å². The van der Waals surface area contributed by atoms with Crippen LogP contribution >= 0.6 is 0 Å². The first kappa shape index (κ1) is 10.3. The third-order valence-electron chi connectivity index (χ3n) is 2.29. The first-order chi connectivity index (χ1) is 6.20. The Hall–Kier alpha value is -0.820. The van der Waals surface area contributed by atoms with E-state index in [1.165, 1.54) is 5.56 Å². The highest BCUT2D eigenvalue weighted by atomic mass is 16.5. The lowest BCUT2D eigenvalue weighted by Crippen LogP contribution is -2.14. The molecule has 13 heavy (non-hydrogen) atoms. The van der Waals surface area contributed by atoms with Crippen molar-refractivity contribution in [2.75, 3.05) is 0 Å². The molecule has 1 nitrogen and oxygen atoms in total. The summed E-state index contributed by atoms with van der Waals surface area (Å²) in [5.74, 6) is 0.587. The van der Waals surface area contributed by atoms with E-state index in [-0.39, 0.29) is 0 Å². The van der Waals surface area contributed by atoms with E-state index < -0.39 is 0 Å². The molecular weight excluding hydrogens is 160 g/mol. The van der Waals surface area contributed by atoms with Crippen molar-refractivity contribution in [2.45, 2.75) is 33.5 Å². The topological polar surface area (TPSA) is 9.23 Å². The van der Waals surface area contributed by atoms with Gasteiger partial charge in [0.2, 0.25) is 0 Å². The molecule has 0 amide bonds. The Kier molecular flexibility index (Phi) is 3.97. The van der Waals surface area contributed by atoms with Gasteiger partial charge in [-0.1, -0.05) is 44.2 Å². The van der Waals surface area contributed by atoms with E-state index in [4.69, 9.17) is 4.74 Å². The summed E-state index contributed by atoms with van der Waals surface area (Å²) in [7, 11) is 0. The van der Waals surface area contributed by atoms with E-state index in [1.54, 1.807) is 0 Å². The van der Waals surface area contributed by atoms with Crippen LogP contribution in [0.1, 0.15) is 26.3 Å². The molecule has 0 spiro atoms. The van der Waals surface area contributed by atoms with Crippen LogP contribution < -0.4 is 0 Å². The number of hydrogen-bond acceptors (Lipinski definition) is 1. The monoisotopic (exact) mass is 178 g/mol. The lowest BCUT2D eigenvalue weighted by Gasteiger charge is -2.16. The average molecular weight is 178 g/mol. The maximum atomic E-state index is 5.69. The smallest absolute Gasteiger partial charge is 0.0720 e. The number of benzene rings is 1. The van der Waals surface area contributed by atoms with Crippen LogP contribution in [-0.4, -0.2) is 6.10 Å². The Morgan fingerprint density at radius 1 is 1.08 bits per heavy atom. The van der Waals surface area contributed by atoms with E-state index in [0.717, 1.165) is 6.61 Å². The molecule has 0 N–H and O–H groups in total. The van der Waals surface area contributed by atoms with E-state index >= 15 is 0 Å². The standard InChI is InChI=1S/C12H18O/c1-10(2)11(3)13-9-12-7-5-4-6-8-12/h4-8,10-11H,9H2,1-3H3/t11-/m0/s1. The predicted molar refractivity (Wildman–Crippen MR) is 55.5 cm³/mol. The van der Waals surface area contributed by atoms with Crippen molar-refractivity contribution in [1.82, 2.24) is 0 Å². The summed E-state index contributed by atoms with van der Waals surface area (Å²) < 4.78 is 5.69. The minimum atomic E-state index is 0.334. The summed E-state index contributed by atoms with van der Waals surface area (Å²) in [5, 5.41) is 0. The molecule has 0 bridgehead atoms. The molecule has 0 fully saturated rings. The number of hydrogen-bond donors (Lipinski definition) is 0. The first-order valence-corrected chi connectivity index (χ1v) is 4.85. The van der Waals surface area contributed by atoms with Gasteiger partial charge in [-0.3, -0.25) is 0 Å². The zero-order chi connectivity index (χ0) is 9.68. The molecule has 1 aromatic rings. The maximum Gasteiger partial charge on any atom is 0.0720 e. The normalized spacial score (nSPS) is 13.2. The molecule has 0 aromatic heterocycles. The zero-order valence-corrected chi connectivity index (χ0v) is 8.66. The molecule has 0 heterocycles. The van der Waals surface area contributed by atoms with Crippen LogP contribution in [0, 0.1) is 5.92 Å². The summed E-state index contributed by atoms with van der Waals surface area (Å²) >= 11 is 0. The molecule has 1 atom stereocenters. The van der Waals surface area contributed by atoms with E-state index in [9.17, 15) is 0 Å². The predicted octanol–water partition coefficient (Wildman–Crippen LogP) is 3.25. The first-order valence-electron chi connectivity index (χ1n) is 4.85. The lowest BCUT2D eigenvalue weighted by molar-refractivity contribution is 0.0235. The third-order valence-corrected chi connectivity index (χ3v) is 2.29. The number of rotatable bonds is 4. The van der Waals surface area contributed by atoms with Crippen LogP contribution in [0.15, 0.2) is 30.3 Å². The molecule has 1 rings (SSSR count). The van der Waals surface area contributed by atoms with Gasteiger partial charge in [-0.05, 0) is 18.4 Å². The largest absolute Gasteiger partial charge is 0.374 e. The summed E-state index contributed by atoms with van der Waals surface area (Å²) in [6.07, 6.45) is 0.334. The van der Waals surface area contributed by atoms with Crippen molar-refractivity contribution in [1.29, 1.82) is 0 Å². The molecule has 0 saturated heterocycles. The molecule has 0 aliphatic rings. The fraction of sp³-hybridized carbons (Fsp3) is 0.500. The Bertz CT molecular complexity index is 228. The molecular formula is C12H18O. The molecule has 0 aliphatic heterocycles. The third kappa shape index (κ3) is 3.60. The summed E-state index contributed by atoms with van der Waals surface area (Å²) in [5.41, 5.74) is 1.25. The molecule has 72 valence electrons. The lowest BCUT2D eigenvalue weighted by atomic mass is 10.1. The summed E-state index contributed by atoms with van der Waals surface area (Å²) in [6, 6.07) is 10.3. The van der Waals surface area contributed by atoms with E-state index in [0.29, 0.717) is 12.0 Å². The molecule has 0 aliphatic carbocycles. The highest BCUT2D eigenvalue weighted by Gasteiger charge is 2.06. The SMILES string of the molecule is CC(C)[C@H](C)OCc1ccccc1. The minimum absolute atomic E-state index is 0.334. The van der Waals surface area contributed by atoms with Gasteiger partial charge in [0.25, 0.3) is 0 Å². The minimum Gasteiger partial charge on any atom is -0.374 e. The quantitative estimate of drug-likeness (QED) is 0.687. The fourth-order valence-electron chi connectivity index (χ4n) is 0.994. The van der Waals surface area contributed by atoms with Crippen molar-refractivity contribution < 1.29 is 4.74 Å². The Morgan fingerprint density at radius 3 is 2.23 bits per heavy atom. The van der Waals surface area contributed by atoms with Gasteiger partial charge in [-0.25, -0.2) is 0 Å². The van der Waals surface area contributed by atoms with Gasteiger partial charge in [0.05, 0.1) is 12.7 Å². The van der Waals surface area contributed by atoms with Crippen LogP contribution in [0.3, 0.4) is 0 Å². The second kappa shape index (κ2) is 5.03. The highest BCUT2D eigenvalue weighted by molar-refractivity contribution is 5.13. The Morgan fingerprint density at radius 2 is 1.69 bits per heavy atom. The van der Waals surface area contributed by atoms with Gasteiger partial charge in [0.15, 0.2) is 0 Å². The van der Waals surface area contributed by atoms with Crippen LogP contribution in [0.4, 0.5) is 0 Å². The van der Waals surface area contributed by atoms with Gasteiger partial charge in [0, 0.05) is 0 Å². The Labute approximate surface area is 80.7 Å². The number of ether oxygens (including phenoxy) is 1. The molecule has 1 aromatic carbocycles. The molecule has 1 heteroatoms. The van der Waals surface area contributed by atoms with Gasteiger partial charge >= 0.3 is 0 Å². The van der Waals surface area contributed by atoms with Crippen molar-refractivity contribution in [3.63, 3.8) is 0 Å². The highest BCUT2D eigenvalue weighted by Crippen LogP contribution is 2.09. The summed E-state index contributed by atoms with van der Waals surface area (Å²) in [4.78, 5) is 0. The molecule has 0 unspecified atom stereocenters.